The Labute approximate surface area is 154 Å². The minimum atomic E-state index is -4.42. The number of rotatable bonds is 4. The zero-order valence-electron chi connectivity index (χ0n) is 14.3. The van der Waals surface area contributed by atoms with Crippen LogP contribution in [0.5, 0.6) is 0 Å². The maximum Gasteiger partial charge on any atom is 0.416 e. The molecule has 2 unspecified atom stereocenters. The van der Waals surface area contributed by atoms with Gasteiger partial charge in [-0.1, -0.05) is 42.5 Å². The van der Waals surface area contributed by atoms with Gasteiger partial charge in [-0.05, 0) is 23.3 Å². The van der Waals surface area contributed by atoms with Gasteiger partial charge in [-0.3, -0.25) is 9.59 Å². The number of carbonyl (C=O) groups is 2. The number of amides is 1. The summed E-state index contributed by atoms with van der Waals surface area (Å²) in [4.78, 5) is 25.6. The van der Waals surface area contributed by atoms with Gasteiger partial charge in [0, 0.05) is 19.0 Å². The highest BCUT2D eigenvalue weighted by atomic mass is 19.4. The van der Waals surface area contributed by atoms with Gasteiger partial charge >= 0.3 is 12.1 Å². The molecule has 1 amide bonds. The third kappa shape index (κ3) is 4.30. The van der Waals surface area contributed by atoms with Crippen molar-refractivity contribution < 1.29 is 27.9 Å². The highest BCUT2D eigenvalue weighted by Gasteiger charge is 2.40. The monoisotopic (exact) mass is 377 g/mol. The summed E-state index contributed by atoms with van der Waals surface area (Å²) < 4.78 is 37.9. The summed E-state index contributed by atoms with van der Waals surface area (Å²) in [6, 6.07) is 13.6. The first-order chi connectivity index (χ1) is 12.8. The van der Waals surface area contributed by atoms with E-state index in [-0.39, 0.29) is 31.3 Å². The Kier molecular flexibility index (Phi) is 5.21. The molecule has 1 N–H and O–H groups in total. The first-order valence-corrected chi connectivity index (χ1v) is 8.47. The Balaban J connectivity index is 1.71. The molecule has 4 nitrogen and oxygen atoms in total. The summed E-state index contributed by atoms with van der Waals surface area (Å²) in [7, 11) is 0. The van der Waals surface area contributed by atoms with Crippen molar-refractivity contribution in [2.45, 2.75) is 18.5 Å². The number of alkyl halides is 3. The van der Waals surface area contributed by atoms with Crippen LogP contribution in [0.2, 0.25) is 0 Å². The van der Waals surface area contributed by atoms with Crippen molar-refractivity contribution in [2.24, 2.45) is 5.92 Å². The first-order valence-electron chi connectivity index (χ1n) is 8.47. The quantitative estimate of drug-likeness (QED) is 0.886. The number of hydrogen-bond donors (Lipinski definition) is 1. The third-order valence-electron chi connectivity index (χ3n) is 4.85. The van der Waals surface area contributed by atoms with Crippen LogP contribution in [-0.2, 0) is 22.2 Å². The molecule has 7 heteroatoms. The summed E-state index contributed by atoms with van der Waals surface area (Å²) in [6.07, 6.45) is -4.49. The van der Waals surface area contributed by atoms with Crippen LogP contribution in [-0.4, -0.2) is 35.0 Å². The molecular formula is C20H18F3NO3. The number of carbonyl (C=O) groups excluding carboxylic acids is 1. The second-order valence-electron chi connectivity index (χ2n) is 6.63. The van der Waals surface area contributed by atoms with Crippen LogP contribution in [0.15, 0.2) is 54.6 Å². The lowest BCUT2D eigenvalue weighted by Gasteiger charge is -2.17. The predicted octanol–water partition coefficient (Wildman–Crippen LogP) is 3.57. The molecule has 2 aromatic carbocycles. The van der Waals surface area contributed by atoms with Crippen molar-refractivity contribution in [1.82, 2.24) is 4.90 Å². The average Bonchev–Trinajstić information content (AvgIpc) is 3.08. The molecule has 0 radical (unpaired) electrons. The molecule has 2 atom stereocenters. The van der Waals surface area contributed by atoms with Gasteiger partial charge in [0.15, 0.2) is 0 Å². The van der Waals surface area contributed by atoms with Crippen molar-refractivity contribution >= 4 is 11.9 Å². The molecule has 0 aliphatic carbocycles. The van der Waals surface area contributed by atoms with Crippen LogP contribution in [0.1, 0.15) is 22.6 Å². The molecule has 0 bridgehead atoms. The number of aliphatic carboxylic acids is 1. The fraction of sp³-hybridized carbons (Fsp3) is 0.300. The lowest BCUT2D eigenvalue weighted by molar-refractivity contribution is -0.142. The number of halogens is 3. The SMILES string of the molecule is O=C(O)C1CN(C(=O)Cc2ccc(C(F)(F)F)cc2)CC1c1ccccc1. The molecule has 0 aromatic heterocycles. The topological polar surface area (TPSA) is 57.6 Å². The molecule has 0 spiro atoms. The minimum Gasteiger partial charge on any atom is -0.481 e. The van der Waals surface area contributed by atoms with E-state index in [1.165, 1.54) is 17.0 Å². The van der Waals surface area contributed by atoms with E-state index in [1.807, 2.05) is 30.3 Å². The number of nitrogens with zero attached hydrogens (tertiary/aromatic N) is 1. The molecule has 0 saturated carbocycles. The van der Waals surface area contributed by atoms with Crippen LogP contribution in [0.25, 0.3) is 0 Å². The van der Waals surface area contributed by atoms with E-state index in [2.05, 4.69) is 0 Å². The smallest absolute Gasteiger partial charge is 0.416 e. The van der Waals surface area contributed by atoms with Crippen LogP contribution in [0.3, 0.4) is 0 Å². The van der Waals surface area contributed by atoms with Gasteiger partial charge in [0.05, 0.1) is 17.9 Å². The van der Waals surface area contributed by atoms with Gasteiger partial charge in [0.1, 0.15) is 0 Å². The molecule has 1 fully saturated rings. The Morgan fingerprint density at radius 2 is 1.63 bits per heavy atom. The second kappa shape index (κ2) is 7.42. The maximum atomic E-state index is 12.6. The van der Waals surface area contributed by atoms with Gasteiger partial charge in [-0.2, -0.15) is 13.2 Å². The molecule has 142 valence electrons. The fourth-order valence-corrected chi connectivity index (χ4v) is 3.39. The molecule has 2 aromatic rings. The maximum absolute atomic E-state index is 12.6. The Morgan fingerprint density at radius 1 is 1.00 bits per heavy atom. The van der Waals surface area contributed by atoms with Gasteiger partial charge in [0.25, 0.3) is 0 Å². The summed E-state index contributed by atoms with van der Waals surface area (Å²) in [6.45, 7) is 0.370. The Morgan fingerprint density at radius 3 is 2.19 bits per heavy atom. The Bertz CT molecular complexity index is 819. The zero-order valence-corrected chi connectivity index (χ0v) is 14.3. The fourth-order valence-electron chi connectivity index (χ4n) is 3.39. The third-order valence-corrected chi connectivity index (χ3v) is 4.85. The number of hydrogen-bond acceptors (Lipinski definition) is 2. The van der Waals surface area contributed by atoms with E-state index in [0.717, 1.165) is 17.7 Å². The summed E-state index contributed by atoms with van der Waals surface area (Å²) in [5, 5.41) is 9.50. The summed E-state index contributed by atoms with van der Waals surface area (Å²) in [5.74, 6) is -2.27. The number of carboxylic acids is 1. The predicted molar refractivity (Wildman–Crippen MR) is 92.0 cm³/mol. The van der Waals surface area contributed by atoms with Crippen molar-refractivity contribution in [3.05, 3.63) is 71.3 Å². The van der Waals surface area contributed by atoms with E-state index in [1.54, 1.807) is 0 Å². The van der Waals surface area contributed by atoms with E-state index in [4.69, 9.17) is 0 Å². The van der Waals surface area contributed by atoms with Crippen LogP contribution >= 0.6 is 0 Å². The molecule has 1 aliphatic heterocycles. The highest BCUT2D eigenvalue weighted by molar-refractivity contribution is 5.81. The first kappa shape index (κ1) is 18.9. The van der Waals surface area contributed by atoms with E-state index in [0.29, 0.717) is 5.56 Å². The second-order valence-corrected chi connectivity index (χ2v) is 6.63. The molecule has 1 saturated heterocycles. The molecule has 1 aliphatic rings. The molecular weight excluding hydrogens is 359 g/mol. The van der Waals surface area contributed by atoms with Gasteiger partial charge in [0.2, 0.25) is 5.91 Å². The van der Waals surface area contributed by atoms with Crippen molar-refractivity contribution in [2.75, 3.05) is 13.1 Å². The standard InChI is InChI=1S/C20H18F3NO3/c21-20(22,23)15-8-6-13(7-9-15)10-18(25)24-11-16(17(12-24)19(26)27)14-4-2-1-3-5-14/h1-9,16-17H,10-12H2,(H,26,27). The van der Waals surface area contributed by atoms with Crippen LogP contribution in [0.4, 0.5) is 13.2 Å². The van der Waals surface area contributed by atoms with Crippen LogP contribution < -0.4 is 0 Å². The number of benzene rings is 2. The summed E-state index contributed by atoms with van der Waals surface area (Å²) >= 11 is 0. The van der Waals surface area contributed by atoms with Crippen LogP contribution in [0, 0.1) is 5.92 Å². The summed E-state index contributed by atoms with van der Waals surface area (Å²) in [5.41, 5.74) is 0.549. The number of carboxylic acid groups (broad SMARTS) is 1. The lowest BCUT2D eigenvalue weighted by atomic mass is 9.89. The largest absolute Gasteiger partial charge is 0.481 e. The highest BCUT2D eigenvalue weighted by Crippen LogP contribution is 2.33. The van der Waals surface area contributed by atoms with Gasteiger partial charge < -0.3 is 10.0 Å². The molecule has 27 heavy (non-hydrogen) atoms. The van der Waals surface area contributed by atoms with Crippen molar-refractivity contribution in [1.29, 1.82) is 0 Å². The lowest BCUT2D eigenvalue weighted by Crippen LogP contribution is -2.31. The van der Waals surface area contributed by atoms with E-state index < -0.39 is 23.6 Å². The normalized spacial score (nSPS) is 19.9. The average molecular weight is 377 g/mol. The Hall–Kier alpha value is -2.83. The van der Waals surface area contributed by atoms with Gasteiger partial charge in [-0.15, -0.1) is 0 Å². The molecule has 3 rings (SSSR count). The van der Waals surface area contributed by atoms with E-state index >= 15 is 0 Å². The van der Waals surface area contributed by atoms with Crippen molar-refractivity contribution in [3.63, 3.8) is 0 Å². The molecule has 1 heterocycles. The van der Waals surface area contributed by atoms with Gasteiger partial charge in [-0.25, -0.2) is 0 Å². The minimum absolute atomic E-state index is 0.0635. The van der Waals surface area contributed by atoms with E-state index in [9.17, 15) is 27.9 Å². The van der Waals surface area contributed by atoms with Crippen molar-refractivity contribution in [3.8, 4) is 0 Å². The number of likely N-dealkylation sites (tertiary alicyclic amines) is 1. The zero-order chi connectivity index (χ0) is 19.6.